The second kappa shape index (κ2) is 9.84. The van der Waals surface area contributed by atoms with Gasteiger partial charge in [0.05, 0.1) is 4.92 Å². The fourth-order valence-corrected chi connectivity index (χ4v) is 2.85. The Balaban J connectivity index is 1.59. The molecule has 0 aliphatic rings. The van der Waals surface area contributed by atoms with Gasteiger partial charge in [-0.05, 0) is 48.6 Å². The number of carbonyl (C=O) groups is 2. The topological polar surface area (TPSA) is 127 Å². The van der Waals surface area contributed by atoms with Crippen molar-refractivity contribution >= 4 is 46.2 Å². The second-order valence-corrected chi connectivity index (χ2v) is 7.51. The monoisotopic (exact) mass is 452 g/mol. The first-order valence-corrected chi connectivity index (χ1v) is 10.0. The van der Waals surface area contributed by atoms with E-state index in [0.29, 0.717) is 22.7 Å². The Kier molecular flexibility index (Phi) is 6.96. The zero-order valence-electron chi connectivity index (χ0n) is 17.2. The summed E-state index contributed by atoms with van der Waals surface area (Å²) in [5.74, 6) is -0.467. The highest BCUT2D eigenvalue weighted by atomic mass is 32.1. The predicted molar refractivity (Wildman–Crippen MR) is 124 cm³/mol. The lowest BCUT2D eigenvalue weighted by Crippen LogP contribution is -2.33. The number of nitrogens with zero attached hydrogens (tertiary/aromatic N) is 1. The van der Waals surface area contributed by atoms with Gasteiger partial charge in [-0.15, -0.1) is 0 Å². The number of hydrogen-bond donors (Lipinski definition) is 3. The summed E-state index contributed by atoms with van der Waals surface area (Å²) in [4.78, 5) is 34.6. The molecule has 0 aliphatic heterocycles. The first-order valence-electron chi connectivity index (χ1n) is 9.61. The van der Waals surface area contributed by atoms with Crippen LogP contribution in [0, 0.1) is 16.0 Å². The van der Waals surface area contributed by atoms with E-state index in [-0.39, 0.29) is 28.4 Å². The zero-order valence-corrected chi connectivity index (χ0v) is 18.1. The van der Waals surface area contributed by atoms with Gasteiger partial charge < -0.3 is 15.1 Å². The number of nitrogens with one attached hydrogen (secondary N) is 3. The summed E-state index contributed by atoms with van der Waals surface area (Å²) in [6, 6.07) is 15.8. The molecule has 0 bridgehead atoms. The first kappa shape index (κ1) is 22.6. The van der Waals surface area contributed by atoms with Gasteiger partial charge >= 0.3 is 0 Å². The van der Waals surface area contributed by atoms with Crippen molar-refractivity contribution in [2.45, 2.75) is 13.8 Å². The van der Waals surface area contributed by atoms with Gasteiger partial charge in [0.25, 0.3) is 11.6 Å². The number of carbonyl (C=O) groups excluding carboxylic acids is 2. The molecule has 0 fully saturated rings. The van der Waals surface area contributed by atoms with Crippen LogP contribution in [-0.4, -0.2) is 21.9 Å². The van der Waals surface area contributed by atoms with Crippen molar-refractivity contribution in [1.29, 1.82) is 0 Å². The van der Waals surface area contributed by atoms with Crippen LogP contribution < -0.4 is 16.0 Å². The Hall–Kier alpha value is -4.05. The molecule has 0 saturated heterocycles. The second-order valence-electron chi connectivity index (χ2n) is 7.10. The molecule has 1 heterocycles. The standard InChI is InChI=1S/C22H20N4O5S/c1-13(2)20(27)23-15-6-8-16(9-7-15)24-22(32)25-21(28)19-11-10-18(31-19)14-4-3-5-17(12-14)26(29)30/h3-13H,1-2H3,(H,23,27)(H2,24,25,28,32). The molecular formula is C22H20N4O5S. The Bertz CT molecular complexity index is 1170. The van der Waals surface area contributed by atoms with Crippen molar-refractivity contribution in [2.24, 2.45) is 5.92 Å². The van der Waals surface area contributed by atoms with E-state index >= 15 is 0 Å². The van der Waals surface area contributed by atoms with Crippen LogP contribution in [0.25, 0.3) is 11.3 Å². The average molecular weight is 452 g/mol. The van der Waals surface area contributed by atoms with Crippen molar-refractivity contribution < 1.29 is 18.9 Å². The first-order chi connectivity index (χ1) is 15.2. The molecule has 0 unspecified atom stereocenters. The van der Waals surface area contributed by atoms with Gasteiger partial charge in [0, 0.05) is 35.0 Å². The highest BCUT2D eigenvalue weighted by molar-refractivity contribution is 7.80. The maximum atomic E-state index is 12.4. The molecule has 0 radical (unpaired) electrons. The number of furan rings is 1. The van der Waals surface area contributed by atoms with Crippen LogP contribution in [0.1, 0.15) is 24.4 Å². The minimum Gasteiger partial charge on any atom is -0.451 e. The molecule has 3 N–H and O–H groups in total. The molecule has 0 aliphatic carbocycles. The summed E-state index contributed by atoms with van der Waals surface area (Å²) in [6.07, 6.45) is 0. The van der Waals surface area contributed by atoms with Crippen LogP contribution in [0.4, 0.5) is 17.1 Å². The zero-order chi connectivity index (χ0) is 23.3. The van der Waals surface area contributed by atoms with E-state index in [0.717, 1.165) is 0 Å². The summed E-state index contributed by atoms with van der Waals surface area (Å²) >= 11 is 5.17. The summed E-state index contributed by atoms with van der Waals surface area (Å²) in [7, 11) is 0. The third-order valence-corrected chi connectivity index (χ3v) is 4.54. The van der Waals surface area contributed by atoms with Crippen LogP contribution in [0.5, 0.6) is 0 Å². The smallest absolute Gasteiger partial charge is 0.293 e. The van der Waals surface area contributed by atoms with E-state index in [1.54, 1.807) is 50.2 Å². The van der Waals surface area contributed by atoms with Crippen LogP contribution in [0.15, 0.2) is 65.1 Å². The number of anilines is 2. The molecule has 3 rings (SSSR count). The summed E-state index contributed by atoms with van der Waals surface area (Å²) < 4.78 is 5.53. The number of nitro benzene ring substituents is 1. The SMILES string of the molecule is CC(C)C(=O)Nc1ccc(NC(=S)NC(=O)c2ccc(-c3cccc([N+](=O)[O-])c3)o2)cc1. The van der Waals surface area contributed by atoms with E-state index in [9.17, 15) is 19.7 Å². The molecule has 3 aromatic rings. The van der Waals surface area contributed by atoms with E-state index in [1.807, 2.05) is 0 Å². The highest BCUT2D eigenvalue weighted by Crippen LogP contribution is 2.25. The van der Waals surface area contributed by atoms with E-state index in [4.69, 9.17) is 16.6 Å². The minimum absolute atomic E-state index is 0.00222. The Labute approximate surface area is 189 Å². The lowest BCUT2D eigenvalue weighted by atomic mass is 10.1. The number of hydrogen-bond acceptors (Lipinski definition) is 6. The number of rotatable bonds is 6. The Morgan fingerprint density at radius 1 is 1.00 bits per heavy atom. The Morgan fingerprint density at radius 2 is 1.66 bits per heavy atom. The van der Waals surface area contributed by atoms with Gasteiger partial charge in [0.2, 0.25) is 5.91 Å². The maximum Gasteiger partial charge on any atom is 0.293 e. The van der Waals surface area contributed by atoms with Gasteiger partial charge in [-0.25, -0.2) is 0 Å². The normalized spacial score (nSPS) is 10.5. The number of thiocarbonyl (C=S) groups is 1. The van der Waals surface area contributed by atoms with E-state index in [1.165, 1.54) is 24.3 Å². The summed E-state index contributed by atoms with van der Waals surface area (Å²) in [5.41, 5.74) is 1.66. The maximum absolute atomic E-state index is 12.4. The molecule has 164 valence electrons. The van der Waals surface area contributed by atoms with Gasteiger partial charge in [-0.1, -0.05) is 26.0 Å². The van der Waals surface area contributed by atoms with Crippen LogP contribution in [0.3, 0.4) is 0 Å². The molecule has 9 nitrogen and oxygen atoms in total. The largest absolute Gasteiger partial charge is 0.451 e. The van der Waals surface area contributed by atoms with Crippen molar-refractivity contribution in [3.05, 3.63) is 76.5 Å². The number of benzene rings is 2. The fourth-order valence-electron chi connectivity index (χ4n) is 2.64. The predicted octanol–water partition coefficient (Wildman–Crippen LogP) is 4.58. The molecule has 0 saturated carbocycles. The van der Waals surface area contributed by atoms with Crippen LogP contribution in [0.2, 0.25) is 0 Å². The Morgan fingerprint density at radius 3 is 2.28 bits per heavy atom. The molecule has 32 heavy (non-hydrogen) atoms. The van der Waals surface area contributed by atoms with E-state index in [2.05, 4.69) is 16.0 Å². The number of amides is 2. The average Bonchev–Trinajstić information content (AvgIpc) is 3.25. The van der Waals surface area contributed by atoms with Crippen molar-refractivity contribution in [1.82, 2.24) is 5.32 Å². The van der Waals surface area contributed by atoms with Crippen molar-refractivity contribution in [2.75, 3.05) is 10.6 Å². The van der Waals surface area contributed by atoms with E-state index < -0.39 is 10.8 Å². The lowest BCUT2D eigenvalue weighted by Gasteiger charge is -2.11. The van der Waals surface area contributed by atoms with Gasteiger partial charge in [-0.2, -0.15) is 0 Å². The summed E-state index contributed by atoms with van der Waals surface area (Å²) in [6.45, 7) is 3.61. The third-order valence-electron chi connectivity index (χ3n) is 4.33. The fraction of sp³-hybridized carbons (Fsp3) is 0.136. The quantitative estimate of drug-likeness (QED) is 0.284. The van der Waals surface area contributed by atoms with Crippen molar-refractivity contribution in [3.63, 3.8) is 0 Å². The van der Waals surface area contributed by atoms with Crippen LogP contribution >= 0.6 is 12.2 Å². The molecule has 1 aromatic heterocycles. The van der Waals surface area contributed by atoms with Crippen LogP contribution in [-0.2, 0) is 4.79 Å². The molecule has 0 atom stereocenters. The molecule has 2 aromatic carbocycles. The van der Waals surface area contributed by atoms with Gasteiger partial charge in [-0.3, -0.25) is 25.0 Å². The lowest BCUT2D eigenvalue weighted by molar-refractivity contribution is -0.384. The minimum atomic E-state index is -0.569. The molecular weight excluding hydrogens is 432 g/mol. The number of non-ortho nitro benzene ring substituents is 1. The van der Waals surface area contributed by atoms with Gasteiger partial charge in [0.1, 0.15) is 5.76 Å². The van der Waals surface area contributed by atoms with Crippen molar-refractivity contribution in [3.8, 4) is 11.3 Å². The molecule has 0 spiro atoms. The molecule has 2 amide bonds. The third kappa shape index (κ3) is 5.76. The summed E-state index contributed by atoms with van der Waals surface area (Å²) in [5, 5.41) is 19.2. The number of nitro groups is 1. The highest BCUT2D eigenvalue weighted by Gasteiger charge is 2.15. The van der Waals surface area contributed by atoms with Gasteiger partial charge in [0.15, 0.2) is 10.9 Å². The molecule has 10 heteroatoms.